The highest BCUT2D eigenvalue weighted by Crippen LogP contribution is 2.22. The maximum Gasteiger partial charge on any atom is 0.465 e. The van der Waals surface area contributed by atoms with Crippen molar-refractivity contribution in [3.8, 4) is 0 Å². The normalized spacial score (nSPS) is 12.4. The van der Waals surface area contributed by atoms with Gasteiger partial charge in [-0.1, -0.05) is 45.4 Å². The molecule has 0 heterocycles. The minimum absolute atomic E-state index is 0.280. The first kappa shape index (κ1) is 18.2. The number of alkyl halides is 2. The lowest BCUT2D eigenvalue weighted by molar-refractivity contribution is -0.161. The molecular formula is C11H20F2O5S. The van der Waals surface area contributed by atoms with Crippen LogP contribution in [-0.2, 0) is 19.6 Å². The SMILES string of the molecule is CCCCCCCCCOC(=O)C(F)(F)S(=O)(=O)O. The first-order valence-corrected chi connectivity index (χ1v) is 7.69. The third-order valence-electron chi connectivity index (χ3n) is 2.54. The van der Waals surface area contributed by atoms with Crippen LogP contribution in [0.4, 0.5) is 8.78 Å². The first-order chi connectivity index (χ1) is 8.73. The lowest BCUT2D eigenvalue weighted by Crippen LogP contribution is -2.39. The smallest absolute Gasteiger partial charge is 0.460 e. The van der Waals surface area contributed by atoms with Gasteiger partial charge in [-0.25, -0.2) is 4.79 Å². The van der Waals surface area contributed by atoms with Crippen LogP contribution in [0.2, 0.25) is 0 Å². The molecule has 0 aliphatic carbocycles. The zero-order valence-electron chi connectivity index (χ0n) is 10.9. The highest BCUT2D eigenvalue weighted by molar-refractivity contribution is 7.87. The number of ether oxygens (including phenoxy) is 1. The Morgan fingerprint density at radius 1 is 1.11 bits per heavy atom. The summed E-state index contributed by atoms with van der Waals surface area (Å²) in [4.78, 5) is 10.8. The topological polar surface area (TPSA) is 80.7 Å². The summed E-state index contributed by atoms with van der Waals surface area (Å²) in [5.74, 6) is -2.24. The predicted octanol–water partition coefficient (Wildman–Crippen LogP) is 2.76. The molecule has 0 fully saturated rings. The molecule has 0 spiro atoms. The number of carbonyl (C=O) groups is 1. The van der Waals surface area contributed by atoms with E-state index in [-0.39, 0.29) is 6.61 Å². The van der Waals surface area contributed by atoms with Crippen LogP contribution < -0.4 is 0 Å². The number of hydrogen-bond acceptors (Lipinski definition) is 4. The van der Waals surface area contributed by atoms with Crippen molar-refractivity contribution in [2.24, 2.45) is 0 Å². The fraction of sp³-hybridized carbons (Fsp3) is 0.909. The number of rotatable bonds is 10. The van der Waals surface area contributed by atoms with E-state index in [1.54, 1.807) is 0 Å². The Morgan fingerprint density at radius 3 is 2.05 bits per heavy atom. The minimum Gasteiger partial charge on any atom is -0.460 e. The second-order valence-corrected chi connectivity index (χ2v) is 5.71. The fourth-order valence-electron chi connectivity index (χ4n) is 1.41. The summed E-state index contributed by atoms with van der Waals surface area (Å²) in [6.07, 6.45) is 6.43. The summed E-state index contributed by atoms with van der Waals surface area (Å²) in [6, 6.07) is 0. The van der Waals surface area contributed by atoms with E-state index in [1.165, 1.54) is 0 Å². The molecule has 0 aromatic heterocycles. The van der Waals surface area contributed by atoms with E-state index in [1.807, 2.05) is 0 Å². The average molecular weight is 302 g/mol. The van der Waals surface area contributed by atoms with Crippen LogP contribution >= 0.6 is 0 Å². The Hall–Kier alpha value is -0.760. The number of carbonyl (C=O) groups excluding carboxylic acids is 1. The van der Waals surface area contributed by atoms with Crippen molar-refractivity contribution in [1.82, 2.24) is 0 Å². The Balaban J connectivity index is 3.76. The largest absolute Gasteiger partial charge is 0.465 e. The average Bonchev–Trinajstić information content (AvgIpc) is 2.30. The standard InChI is InChI=1S/C11H20F2O5S/c1-2-3-4-5-6-7-8-9-18-10(14)11(12,13)19(15,16)17/h2-9H2,1H3,(H,15,16,17). The van der Waals surface area contributed by atoms with Gasteiger partial charge < -0.3 is 4.74 Å². The molecule has 0 bridgehead atoms. The zero-order chi connectivity index (χ0) is 14.9. The van der Waals surface area contributed by atoms with E-state index in [9.17, 15) is 22.0 Å². The Kier molecular flexibility index (Phi) is 8.08. The van der Waals surface area contributed by atoms with Gasteiger partial charge >= 0.3 is 21.3 Å². The molecule has 19 heavy (non-hydrogen) atoms. The Morgan fingerprint density at radius 2 is 1.58 bits per heavy atom. The van der Waals surface area contributed by atoms with E-state index in [2.05, 4.69) is 11.7 Å². The van der Waals surface area contributed by atoms with Crippen molar-refractivity contribution < 1.29 is 31.3 Å². The van der Waals surface area contributed by atoms with Crippen molar-refractivity contribution in [2.45, 2.75) is 57.1 Å². The number of unbranched alkanes of at least 4 members (excludes halogenated alkanes) is 6. The molecule has 0 rings (SSSR count). The van der Waals surface area contributed by atoms with Gasteiger partial charge in [0.15, 0.2) is 0 Å². The van der Waals surface area contributed by atoms with Gasteiger partial charge in [0.05, 0.1) is 6.61 Å². The lowest BCUT2D eigenvalue weighted by atomic mass is 10.1. The Bertz CT molecular complexity index is 367. The summed E-state index contributed by atoms with van der Waals surface area (Å²) in [5, 5.41) is -4.89. The van der Waals surface area contributed by atoms with Crippen molar-refractivity contribution >= 4 is 16.1 Å². The molecule has 0 amide bonds. The van der Waals surface area contributed by atoms with Gasteiger partial charge in [-0.3, -0.25) is 4.55 Å². The van der Waals surface area contributed by atoms with Gasteiger partial charge in [0, 0.05) is 0 Å². The molecule has 0 saturated carbocycles. The van der Waals surface area contributed by atoms with Crippen LogP contribution in [-0.4, -0.2) is 30.8 Å². The number of halogens is 2. The molecule has 0 saturated heterocycles. The van der Waals surface area contributed by atoms with Gasteiger partial charge in [0.1, 0.15) is 0 Å². The van der Waals surface area contributed by atoms with Crippen molar-refractivity contribution in [3.63, 3.8) is 0 Å². The molecule has 0 unspecified atom stereocenters. The van der Waals surface area contributed by atoms with E-state index in [0.29, 0.717) is 12.8 Å². The molecule has 0 radical (unpaired) electrons. The molecule has 1 N–H and O–H groups in total. The summed E-state index contributed by atoms with van der Waals surface area (Å²) in [5.41, 5.74) is 0. The monoisotopic (exact) mass is 302 g/mol. The molecule has 5 nitrogen and oxygen atoms in total. The maximum atomic E-state index is 12.7. The lowest BCUT2D eigenvalue weighted by Gasteiger charge is -2.11. The van der Waals surface area contributed by atoms with Crippen molar-refractivity contribution in [3.05, 3.63) is 0 Å². The molecule has 0 aromatic carbocycles. The fourth-order valence-corrected chi connectivity index (χ4v) is 1.68. The maximum absolute atomic E-state index is 12.7. The molecule has 114 valence electrons. The molecule has 0 aliphatic heterocycles. The molecule has 0 aliphatic rings. The summed E-state index contributed by atoms with van der Waals surface area (Å²) in [6.45, 7) is 1.81. The van der Waals surface area contributed by atoms with Crippen molar-refractivity contribution in [1.29, 1.82) is 0 Å². The second kappa shape index (κ2) is 8.42. The van der Waals surface area contributed by atoms with Gasteiger partial charge in [-0.05, 0) is 6.42 Å². The first-order valence-electron chi connectivity index (χ1n) is 6.25. The van der Waals surface area contributed by atoms with Crippen LogP contribution in [0, 0.1) is 0 Å². The van der Waals surface area contributed by atoms with E-state index in [4.69, 9.17) is 4.55 Å². The van der Waals surface area contributed by atoms with Gasteiger partial charge in [0.2, 0.25) is 0 Å². The molecule has 8 heteroatoms. The van der Waals surface area contributed by atoms with Crippen LogP contribution in [0.3, 0.4) is 0 Å². The van der Waals surface area contributed by atoms with Crippen LogP contribution in [0.25, 0.3) is 0 Å². The highest BCUT2D eigenvalue weighted by Gasteiger charge is 2.54. The van der Waals surface area contributed by atoms with Crippen LogP contribution in [0.5, 0.6) is 0 Å². The van der Waals surface area contributed by atoms with Crippen molar-refractivity contribution in [2.75, 3.05) is 6.61 Å². The van der Waals surface area contributed by atoms with Gasteiger partial charge in [-0.15, -0.1) is 0 Å². The minimum atomic E-state index is -5.77. The zero-order valence-corrected chi connectivity index (χ0v) is 11.7. The predicted molar refractivity (Wildman–Crippen MR) is 65.4 cm³/mol. The quantitative estimate of drug-likeness (QED) is 0.381. The van der Waals surface area contributed by atoms with E-state index < -0.39 is 21.3 Å². The number of esters is 1. The molecular weight excluding hydrogens is 282 g/mol. The summed E-state index contributed by atoms with van der Waals surface area (Å²) in [7, 11) is -5.77. The third kappa shape index (κ3) is 6.81. The summed E-state index contributed by atoms with van der Waals surface area (Å²) >= 11 is 0. The summed E-state index contributed by atoms with van der Waals surface area (Å²) < 4.78 is 58.2. The van der Waals surface area contributed by atoms with E-state index in [0.717, 1.165) is 32.1 Å². The molecule has 0 atom stereocenters. The Labute approximate surface area is 112 Å². The van der Waals surface area contributed by atoms with Gasteiger partial charge in [-0.2, -0.15) is 17.2 Å². The second-order valence-electron chi connectivity index (χ2n) is 4.25. The number of hydrogen-bond donors (Lipinski definition) is 1. The van der Waals surface area contributed by atoms with E-state index >= 15 is 0 Å². The van der Waals surface area contributed by atoms with Crippen LogP contribution in [0.1, 0.15) is 51.9 Å². The van der Waals surface area contributed by atoms with Crippen LogP contribution in [0.15, 0.2) is 0 Å². The highest BCUT2D eigenvalue weighted by atomic mass is 32.2. The molecule has 0 aromatic rings. The van der Waals surface area contributed by atoms with Gasteiger partial charge in [0.25, 0.3) is 0 Å². The third-order valence-corrected chi connectivity index (χ3v) is 3.36.